The first-order valence-corrected chi connectivity index (χ1v) is 6.29. The van der Waals surface area contributed by atoms with Gasteiger partial charge in [0.2, 0.25) is 0 Å². The first kappa shape index (κ1) is 13.5. The molecule has 0 radical (unpaired) electrons. The maximum atomic E-state index is 6.28. The quantitative estimate of drug-likeness (QED) is 0.913. The lowest BCUT2D eigenvalue weighted by Crippen LogP contribution is -2.16. The van der Waals surface area contributed by atoms with Crippen molar-refractivity contribution in [2.75, 3.05) is 7.11 Å². The van der Waals surface area contributed by atoms with Crippen LogP contribution in [-0.2, 0) is 6.42 Å². The van der Waals surface area contributed by atoms with Crippen molar-refractivity contribution in [1.29, 1.82) is 0 Å². The molecular formula is C15H19N3O. The zero-order valence-electron chi connectivity index (χ0n) is 11.6. The zero-order valence-corrected chi connectivity index (χ0v) is 11.6. The molecule has 1 atom stereocenters. The second-order valence-corrected chi connectivity index (χ2v) is 4.69. The molecule has 0 spiro atoms. The number of benzene rings is 1. The van der Waals surface area contributed by atoms with E-state index in [-0.39, 0.29) is 6.04 Å². The largest absolute Gasteiger partial charge is 0.497 e. The number of aromatic nitrogens is 2. The lowest BCUT2D eigenvalue weighted by Gasteiger charge is -2.14. The van der Waals surface area contributed by atoms with E-state index in [0.29, 0.717) is 0 Å². The van der Waals surface area contributed by atoms with Crippen molar-refractivity contribution >= 4 is 0 Å². The Kier molecular flexibility index (Phi) is 4.12. The summed E-state index contributed by atoms with van der Waals surface area (Å²) in [7, 11) is 1.67. The van der Waals surface area contributed by atoms with Gasteiger partial charge in [-0.25, -0.2) is 0 Å². The molecule has 0 saturated carbocycles. The van der Waals surface area contributed by atoms with E-state index in [4.69, 9.17) is 10.5 Å². The summed E-state index contributed by atoms with van der Waals surface area (Å²) in [5.74, 6) is 0.852. The van der Waals surface area contributed by atoms with Crippen molar-refractivity contribution in [1.82, 2.24) is 10.2 Å². The van der Waals surface area contributed by atoms with Crippen molar-refractivity contribution in [2.45, 2.75) is 26.3 Å². The number of rotatable bonds is 4. The molecule has 0 saturated heterocycles. The second-order valence-electron chi connectivity index (χ2n) is 4.69. The molecule has 1 aromatic carbocycles. The van der Waals surface area contributed by atoms with Gasteiger partial charge in [-0.15, -0.1) is 0 Å². The van der Waals surface area contributed by atoms with E-state index < -0.39 is 0 Å². The van der Waals surface area contributed by atoms with Crippen molar-refractivity contribution in [3.8, 4) is 5.75 Å². The Morgan fingerprint density at radius 3 is 2.74 bits per heavy atom. The number of nitrogens with zero attached hydrogens (tertiary/aromatic N) is 2. The van der Waals surface area contributed by atoms with Crippen LogP contribution in [0.25, 0.3) is 0 Å². The molecule has 0 aliphatic rings. The molecule has 1 heterocycles. The number of hydrogen-bond donors (Lipinski definition) is 1. The Bertz CT molecular complexity index is 569. The minimum absolute atomic E-state index is 0.0821. The van der Waals surface area contributed by atoms with Crippen molar-refractivity contribution < 1.29 is 4.74 Å². The van der Waals surface area contributed by atoms with E-state index in [1.54, 1.807) is 7.11 Å². The number of ether oxygens (including phenoxy) is 1. The molecule has 4 nitrogen and oxygen atoms in total. The SMILES string of the molecule is COc1cccc(CC(N)c2cc(C)nnc2C)c1. The smallest absolute Gasteiger partial charge is 0.119 e. The maximum absolute atomic E-state index is 6.28. The van der Waals surface area contributed by atoms with E-state index in [1.165, 1.54) is 0 Å². The van der Waals surface area contributed by atoms with Crippen molar-refractivity contribution in [2.24, 2.45) is 5.73 Å². The third-order valence-electron chi connectivity index (χ3n) is 3.13. The average Bonchev–Trinajstić information content (AvgIpc) is 2.41. The number of hydrogen-bond acceptors (Lipinski definition) is 4. The number of methoxy groups -OCH3 is 1. The van der Waals surface area contributed by atoms with Gasteiger partial charge in [0.15, 0.2) is 0 Å². The zero-order chi connectivity index (χ0) is 13.8. The van der Waals surface area contributed by atoms with Gasteiger partial charge >= 0.3 is 0 Å². The Morgan fingerprint density at radius 2 is 2.00 bits per heavy atom. The Hall–Kier alpha value is -1.94. The lowest BCUT2D eigenvalue weighted by atomic mass is 9.98. The molecule has 2 N–H and O–H groups in total. The first-order valence-electron chi connectivity index (χ1n) is 6.29. The summed E-state index contributed by atoms with van der Waals surface area (Å²) in [5, 5.41) is 8.15. The fourth-order valence-corrected chi connectivity index (χ4v) is 2.11. The highest BCUT2D eigenvalue weighted by Gasteiger charge is 2.12. The normalized spacial score (nSPS) is 12.2. The molecule has 0 aliphatic carbocycles. The fourth-order valence-electron chi connectivity index (χ4n) is 2.11. The van der Waals surface area contributed by atoms with Gasteiger partial charge in [0, 0.05) is 6.04 Å². The van der Waals surface area contributed by atoms with Crippen LogP contribution in [0.15, 0.2) is 30.3 Å². The second kappa shape index (κ2) is 5.80. The van der Waals surface area contributed by atoms with E-state index >= 15 is 0 Å². The summed E-state index contributed by atoms with van der Waals surface area (Å²) in [5.41, 5.74) is 10.3. The summed E-state index contributed by atoms with van der Waals surface area (Å²) >= 11 is 0. The minimum Gasteiger partial charge on any atom is -0.497 e. The molecule has 0 fully saturated rings. The standard InChI is InChI=1S/C15H19N3O/c1-10-7-14(11(2)18-17-10)15(16)9-12-5-4-6-13(8-12)19-3/h4-8,15H,9,16H2,1-3H3. The summed E-state index contributed by atoms with van der Waals surface area (Å²) < 4.78 is 5.22. The Morgan fingerprint density at radius 1 is 1.21 bits per heavy atom. The van der Waals surface area contributed by atoms with Gasteiger partial charge in [-0.3, -0.25) is 0 Å². The number of nitrogens with two attached hydrogens (primary N) is 1. The summed E-state index contributed by atoms with van der Waals surface area (Å²) in [6.45, 7) is 3.86. The van der Waals surface area contributed by atoms with E-state index in [9.17, 15) is 0 Å². The molecule has 0 amide bonds. The van der Waals surface area contributed by atoms with Gasteiger partial charge in [-0.2, -0.15) is 10.2 Å². The molecule has 4 heteroatoms. The predicted molar refractivity (Wildman–Crippen MR) is 75.1 cm³/mol. The highest BCUT2D eigenvalue weighted by molar-refractivity contribution is 5.31. The van der Waals surface area contributed by atoms with Gasteiger partial charge in [0.05, 0.1) is 18.5 Å². The monoisotopic (exact) mass is 257 g/mol. The van der Waals surface area contributed by atoms with Crippen LogP contribution in [0.2, 0.25) is 0 Å². The van der Waals surface area contributed by atoms with Gasteiger partial charge in [0.1, 0.15) is 5.75 Å². The lowest BCUT2D eigenvalue weighted by molar-refractivity contribution is 0.414. The van der Waals surface area contributed by atoms with Gasteiger partial charge in [-0.1, -0.05) is 12.1 Å². The number of aryl methyl sites for hydroxylation is 2. The molecule has 0 aliphatic heterocycles. The van der Waals surface area contributed by atoms with Crippen LogP contribution in [0, 0.1) is 13.8 Å². The highest BCUT2D eigenvalue weighted by Crippen LogP contribution is 2.21. The molecule has 1 unspecified atom stereocenters. The molecule has 2 aromatic rings. The fraction of sp³-hybridized carbons (Fsp3) is 0.333. The molecule has 19 heavy (non-hydrogen) atoms. The first-order chi connectivity index (χ1) is 9.10. The maximum Gasteiger partial charge on any atom is 0.119 e. The van der Waals surface area contributed by atoms with Crippen molar-refractivity contribution in [3.63, 3.8) is 0 Å². The molecule has 100 valence electrons. The van der Waals surface area contributed by atoms with Crippen LogP contribution in [-0.4, -0.2) is 17.3 Å². The van der Waals surface area contributed by atoms with E-state index in [0.717, 1.165) is 34.7 Å². The third-order valence-corrected chi connectivity index (χ3v) is 3.13. The van der Waals surface area contributed by atoms with Crippen LogP contribution in [0.3, 0.4) is 0 Å². The summed E-state index contributed by atoms with van der Waals surface area (Å²) in [6, 6.07) is 9.90. The Balaban J connectivity index is 2.20. The minimum atomic E-state index is -0.0821. The van der Waals surface area contributed by atoms with E-state index in [2.05, 4.69) is 16.3 Å². The van der Waals surface area contributed by atoms with Crippen LogP contribution >= 0.6 is 0 Å². The van der Waals surface area contributed by atoms with Gasteiger partial charge in [-0.05, 0) is 49.6 Å². The van der Waals surface area contributed by atoms with Crippen molar-refractivity contribution in [3.05, 3.63) is 52.8 Å². The average molecular weight is 257 g/mol. The van der Waals surface area contributed by atoms with Crippen LogP contribution in [0.5, 0.6) is 5.75 Å². The summed E-state index contributed by atoms with van der Waals surface area (Å²) in [6.07, 6.45) is 0.753. The molecule has 0 bridgehead atoms. The van der Waals surface area contributed by atoms with Gasteiger partial charge < -0.3 is 10.5 Å². The molecular weight excluding hydrogens is 238 g/mol. The predicted octanol–water partition coefficient (Wildman–Crippen LogP) is 2.34. The Labute approximate surface area is 113 Å². The van der Waals surface area contributed by atoms with Crippen LogP contribution in [0.4, 0.5) is 0 Å². The molecule has 2 rings (SSSR count). The third kappa shape index (κ3) is 3.29. The van der Waals surface area contributed by atoms with Crippen LogP contribution < -0.4 is 10.5 Å². The topological polar surface area (TPSA) is 61.0 Å². The highest BCUT2D eigenvalue weighted by atomic mass is 16.5. The van der Waals surface area contributed by atoms with Gasteiger partial charge in [0.25, 0.3) is 0 Å². The van der Waals surface area contributed by atoms with Crippen LogP contribution in [0.1, 0.15) is 28.6 Å². The summed E-state index contributed by atoms with van der Waals surface area (Å²) in [4.78, 5) is 0. The molecule has 1 aromatic heterocycles. The van der Waals surface area contributed by atoms with E-state index in [1.807, 2.05) is 38.1 Å².